The average Bonchev–Trinajstić information content (AvgIpc) is 3.21. The molecule has 0 unspecified atom stereocenters. The largest absolute Gasteiger partial charge is 0.352 e. The van der Waals surface area contributed by atoms with Gasteiger partial charge in [-0.1, -0.05) is 17.3 Å². The second kappa shape index (κ2) is 8.95. The molecule has 1 aliphatic heterocycles. The number of hydrogen-bond donors (Lipinski definition) is 1. The summed E-state index contributed by atoms with van der Waals surface area (Å²) >= 11 is 0. The molecule has 4 rings (SSSR count). The SMILES string of the molecule is CC(C)n1nnc2cc(S(=O)(=O)N3CCC[C@@H](C(=O)NCc4cccc(F)c4)C3)ccc21. The summed E-state index contributed by atoms with van der Waals surface area (Å²) in [6.45, 7) is 4.61. The highest BCUT2D eigenvalue weighted by molar-refractivity contribution is 7.89. The number of aromatic nitrogens is 3. The Kier molecular flexibility index (Phi) is 6.25. The number of carbonyl (C=O) groups excluding carboxylic acids is 1. The number of piperidine rings is 1. The van der Waals surface area contributed by atoms with Crippen LogP contribution >= 0.6 is 0 Å². The third-order valence-corrected chi connectivity index (χ3v) is 7.54. The topological polar surface area (TPSA) is 97.2 Å². The van der Waals surface area contributed by atoms with E-state index in [1.54, 1.807) is 28.9 Å². The van der Waals surface area contributed by atoms with Crippen LogP contribution in [0.2, 0.25) is 0 Å². The third-order valence-electron chi connectivity index (χ3n) is 5.68. The van der Waals surface area contributed by atoms with E-state index in [0.717, 1.165) is 5.52 Å². The van der Waals surface area contributed by atoms with E-state index >= 15 is 0 Å². The van der Waals surface area contributed by atoms with Gasteiger partial charge in [0.05, 0.1) is 16.3 Å². The number of nitrogens with zero attached hydrogens (tertiary/aromatic N) is 4. The Morgan fingerprint density at radius 2 is 2.06 bits per heavy atom. The fourth-order valence-electron chi connectivity index (χ4n) is 3.97. The van der Waals surface area contributed by atoms with Gasteiger partial charge < -0.3 is 5.32 Å². The molecule has 2 heterocycles. The molecule has 32 heavy (non-hydrogen) atoms. The van der Waals surface area contributed by atoms with Gasteiger partial charge in [-0.05, 0) is 62.6 Å². The minimum atomic E-state index is -3.78. The summed E-state index contributed by atoms with van der Waals surface area (Å²) in [4.78, 5) is 12.8. The van der Waals surface area contributed by atoms with Crippen LogP contribution in [0.4, 0.5) is 4.39 Å². The summed E-state index contributed by atoms with van der Waals surface area (Å²) in [5, 5.41) is 11.0. The molecule has 170 valence electrons. The Hall–Kier alpha value is -2.85. The van der Waals surface area contributed by atoms with Crippen LogP contribution in [-0.2, 0) is 21.4 Å². The van der Waals surface area contributed by atoms with Crippen molar-refractivity contribution >= 4 is 27.0 Å². The van der Waals surface area contributed by atoms with Crippen molar-refractivity contribution in [3.63, 3.8) is 0 Å². The van der Waals surface area contributed by atoms with Crippen LogP contribution in [0.25, 0.3) is 11.0 Å². The van der Waals surface area contributed by atoms with Crippen LogP contribution < -0.4 is 5.32 Å². The molecule has 10 heteroatoms. The molecule has 0 radical (unpaired) electrons. The van der Waals surface area contributed by atoms with Crippen molar-refractivity contribution in [3.05, 3.63) is 53.8 Å². The number of rotatable bonds is 6. The molecule has 1 aliphatic rings. The van der Waals surface area contributed by atoms with Gasteiger partial charge in [-0.15, -0.1) is 5.10 Å². The summed E-state index contributed by atoms with van der Waals surface area (Å²) in [5.41, 5.74) is 1.94. The average molecular weight is 460 g/mol. The zero-order chi connectivity index (χ0) is 22.9. The quantitative estimate of drug-likeness (QED) is 0.611. The molecule has 3 aromatic rings. The van der Waals surface area contributed by atoms with Crippen molar-refractivity contribution in [3.8, 4) is 0 Å². The Balaban J connectivity index is 1.47. The summed E-state index contributed by atoms with van der Waals surface area (Å²) in [7, 11) is -3.78. The van der Waals surface area contributed by atoms with Crippen molar-refractivity contribution in [2.75, 3.05) is 13.1 Å². The van der Waals surface area contributed by atoms with Crippen LogP contribution in [0.1, 0.15) is 38.3 Å². The number of fused-ring (bicyclic) bond motifs is 1. The van der Waals surface area contributed by atoms with Gasteiger partial charge >= 0.3 is 0 Å². The Morgan fingerprint density at radius 1 is 1.25 bits per heavy atom. The van der Waals surface area contributed by atoms with Crippen LogP contribution in [0, 0.1) is 11.7 Å². The first-order valence-corrected chi connectivity index (χ1v) is 12.1. The Morgan fingerprint density at radius 3 is 2.81 bits per heavy atom. The molecular weight excluding hydrogens is 433 g/mol. The first kappa shape index (κ1) is 22.3. The molecule has 1 atom stereocenters. The van der Waals surface area contributed by atoms with Crippen LogP contribution in [-0.4, -0.2) is 46.7 Å². The predicted octanol–water partition coefficient (Wildman–Crippen LogP) is 2.87. The number of carbonyl (C=O) groups is 1. The maximum absolute atomic E-state index is 13.3. The van der Waals surface area contributed by atoms with Gasteiger partial charge in [0.2, 0.25) is 15.9 Å². The summed E-state index contributed by atoms with van der Waals surface area (Å²) in [5.74, 6) is -1.06. The van der Waals surface area contributed by atoms with Gasteiger partial charge in [-0.25, -0.2) is 17.5 Å². The van der Waals surface area contributed by atoms with Crippen LogP contribution in [0.15, 0.2) is 47.4 Å². The van der Waals surface area contributed by atoms with E-state index in [-0.39, 0.29) is 35.8 Å². The van der Waals surface area contributed by atoms with E-state index in [0.29, 0.717) is 30.5 Å². The molecule has 1 N–H and O–H groups in total. The van der Waals surface area contributed by atoms with Crippen molar-refractivity contribution in [1.29, 1.82) is 0 Å². The van der Waals surface area contributed by atoms with Crippen molar-refractivity contribution in [1.82, 2.24) is 24.6 Å². The first-order chi connectivity index (χ1) is 15.3. The van der Waals surface area contributed by atoms with Crippen LogP contribution in [0.3, 0.4) is 0 Å². The van der Waals surface area contributed by atoms with Gasteiger partial charge in [0.25, 0.3) is 0 Å². The molecule has 1 fully saturated rings. The molecule has 0 bridgehead atoms. The van der Waals surface area contributed by atoms with Crippen molar-refractivity contribution in [2.45, 2.75) is 44.2 Å². The number of nitrogens with one attached hydrogen (secondary N) is 1. The first-order valence-electron chi connectivity index (χ1n) is 10.6. The third kappa shape index (κ3) is 4.51. The van der Waals surface area contributed by atoms with Gasteiger partial charge in [0, 0.05) is 25.7 Å². The number of amides is 1. The second-order valence-corrected chi connectivity index (χ2v) is 10.3. The highest BCUT2D eigenvalue weighted by atomic mass is 32.2. The van der Waals surface area contributed by atoms with Gasteiger partial charge in [0.15, 0.2) is 0 Å². The van der Waals surface area contributed by atoms with E-state index in [1.165, 1.54) is 22.5 Å². The normalized spacial score (nSPS) is 17.7. The lowest BCUT2D eigenvalue weighted by Crippen LogP contribution is -2.45. The molecule has 2 aromatic carbocycles. The number of benzene rings is 2. The molecular formula is C22H26FN5O3S. The zero-order valence-corrected chi connectivity index (χ0v) is 18.8. The second-order valence-electron chi connectivity index (χ2n) is 8.33. The minimum absolute atomic E-state index is 0.105. The fraction of sp³-hybridized carbons (Fsp3) is 0.409. The lowest BCUT2D eigenvalue weighted by Gasteiger charge is -2.31. The number of sulfonamides is 1. The molecule has 1 amide bonds. The summed E-state index contributed by atoms with van der Waals surface area (Å²) in [6, 6.07) is 10.9. The number of halogens is 1. The van der Waals surface area contributed by atoms with Crippen molar-refractivity contribution in [2.24, 2.45) is 5.92 Å². The monoisotopic (exact) mass is 459 g/mol. The van der Waals surface area contributed by atoms with E-state index < -0.39 is 15.9 Å². The molecule has 0 aliphatic carbocycles. The van der Waals surface area contributed by atoms with Gasteiger partial charge in [-0.2, -0.15) is 4.31 Å². The maximum Gasteiger partial charge on any atom is 0.243 e. The smallest absolute Gasteiger partial charge is 0.243 e. The van der Waals surface area contributed by atoms with E-state index in [2.05, 4.69) is 15.6 Å². The summed E-state index contributed by atoms with van der Waals surface area (Å²) < 4.78 is 42.9. The zero-order valence-electron chi connectivity index (χ0n) is 18.0. The van der Waals surface area contributed by atoms with E-state index in [9.17, 15) is 17.6 Å². The van der Waals surface area contributed by atoms with E-state index in [4.69, 9.17) is 0 Å². The highest BCUT2D eigenvalue weighted by Crippen LogP contribution is 2.26. The lowest BCUT2D eigenvalue weighted by atomic mass is 9.99. The molecule has 0 spiro atoms. The molecule has 1 aromatic heterocycles. The molecule has 0 saturated carbocycles. The van der Waals surface area contributed by atoms with Crippen LogP contribution in [0.5, 0.6) is 0 Å². The van der Waals surface area contributed by atoms with E-state index in [1.807, 2.05) is 13.8 Å². The van der Waals surface area contributed by atoms with Crippen molar-refractivity contribution < 1.29 is 17.6 Å². The molecule has 1 saturated heterocycles. The highest BCUT2D eigenvalue weighted by Gasteiger charge is 2.33. The fourth-order valence-corrected chi connectivity index (χ4v) is 5.51. The molecule has 8 nitrogen and oxygen atoms in total. The Bertz CT molecular complexity index is 1240. The predicted molar refractivity (Wildman–Crippen MR) is 118 cm³/mol. The summed E-state index contributed by atoms with van der Waals surface area (Å²) in [6.07, 6.45) is 1.19. The van der Waals surface area contributed by atoms with Gasteiger partial charge in [-0.3, -0.25) is 4.79 Å². The lowest BCUT2D eigenvalue weighted by molar-refractivity contribution is -0.126. The standard InChI is InChI=1S/C22H26FN5O3S/c1-15(2)28-21-9-8-19(12-20(21)25-26-28)32(30,31)27-10-4-6-17(14-27)22(29)24-13-16-5-3-7-18(23)11-16/h3,5,7-9,11-12,15,17H,4,6,10,13-14H2,1-2H3,(H,24,29)/t17-/m1/s1. The van der Waals surface area contributed by atoms with Gasteiger partial charge in [0.1, 0.15) is 11.3 Å². The Labute approximate surface area is 186 Å². The number of hydrogen-bond acceptors (Lipinski definition) is 5. The maximum atomic E-state index is 13.3. The minimum Gasteiger partial charge on any atom is -0.352 e.